The van der Waals surface area contributed by atoms with Crippen LogP contribution < -0.4 is 21.7 Å². The van der Waals surface area contributed by atoms with E-state index in [1.807, 2.05) is 0 Å². The maximum absolute atomic E-state index is 13.6. The lowest BCUT2D eigenvalue weighted by atomic mass is 9.91. The molecule has 0 bridgehead atoms. The van der Waals surface area contributed by atoms with Gasteiger partial charge in [0.05, 0.1) is 10.8 Å². The Hall–Kier alpha value is -3.07. The highest BCUT2D eigenvalue weighted by molar-refractivity contribution is 6.91. The predicted octanol–water partition coefficient (Wildman–Crippen LogP) is 7.45. The van der Waals surface area contributed by atoms with Crippen molar-refractivity contribution in [3.05, 3.63) is 76.3 Å². The summed E-state index contributed by atoms with van der Waals surface area (Å²) in [5.74, 6) is 6.75. The molecule has 0 aliphatic heterocycles. The van der Waals surface area contributed by atoms with Crippen LogP contribution in [0.4, 0.5) is 0 Å². The van der Waals surface area contributed by atoms with E-state index in [1.165, 1.54) is 12.1 Å². The summed E-state index contributed by atoms with van der Waals surface area (Å²) < 4.78 is 0. The topological polar surface area (TPSA) is 68.3 Å². The molecule has 0 aliphatic rings. The minimum atomic E-state index is -2.24. The van der Waals surface area contributed by atoms with Crippen LogP contribution in [-0.2, 0) is 0 Å². The van der Waals surface area contributed by atoms with E-state index in [9.17, 15) is 19.2 Å². The second-order valence-corrected chi connectivity index (χ2v) is 24.8. The smallest absolute Gasteiger partial charge is 0.234 e. The van der Waals surface area contributed by atoms with Crippen molar-refractivity contribution in [1.29, 1.82) is 0 Å². The average molecular weight is 599 g/mol. The van der Waals surface area contributed by atoms with E-state index in [4.69, 9.17) is 0 Å². The molecule has 0 unspecified atom stereocenters. The first-order valence-electron chi connectivity index (χ1n) is 15.3. The fourth-order valence-corrected chi connectivity index (χ4v) is 18.2. The molecule has 3 aromatic rings. The van der Waals surface area contributed by atoms with Crippen molar-refractivity contribution in [3.8, 4) is 22.9 Å². The van der Waals surface area contributed by atoms with Gasteiger partial charge in [0.2, 0.25) is 21.7 Å². The highest BCUT2D eigenvalue weighted by atomic mass is 28.3. The van der Waals surface area contributed by atoms with Gasteiger partial charge in [-0.1, -0.05) is 94.9 Å². The van der Waals surface area contributed by atoms with Crippen molar-refractivity contribution in [2.75, 3.05) is 0 Å². The lowest BCUT2D eigenvalue weighted by Gasteiger charge is -2.38. The molecule has 0 fully saturated rings. The van der Waals surface area contributed by atoms with Gasteiger partial charge in [0.1, 0.15) is 16.1 Å². The van der Waals surface area contributed by atoms with Crippen molar-refractivity contribution in [3.63, 3.8) is 0 Å². The number of fused-ring (bicyclic) bond motifs is 2. The Kier molecular flexibility index (Phi) is 9.77. The van der Waals surface area contributed by atoms with Crippen molar-refractivity contribution in [2.45, 2.75) is 116 Å². The fourth-order valence-electron chi connectivity index (χ4n) is 7.78. The van der Waals surface area contributed by atoms with Crippen LogP contribution in [-0.4, -0.2) is 16.1 Å². The normalized spacial score (nSPS) is 12.6. The number of rotatable bonds is 6. The van der Waals surface area contributed by atoms with Gasteiger partial charge < -0.3 is 0 Å². The molecule has 222 valence electrons. The second-order valence-electron chi connectivity index (χ2n) is 13.7. The summed E-state index contributed by atoms with van der Waals surface area (Å²) in [5.41, 5.74) is 7.61. The first-order chi connectivity index (χ1) is 19.5. The van der Waals surface area contributed by atoms with E-state index < -0.39 is 37.9 Å². The van der Waals surface area contributed by atoms with Gasteiger partial charge in [0.15, 0.2) is 0 Å². The maximum Gasteiger partial charge on any atom is 0.234 e. The molecule has 6 heteroatoms. The molecule has 0 radical (unpaired) electrons. The van der Waals surface area contributed by atoms with Crippen LogP contribution in [0.3, 0.4) is 0 Å². The van der Waals surface area contributed by atoms with Gasteiger partial charge in [-0.2, -0.15) is 0 Å². The summed E-state index contributed by atoms with van der Waals surface area (Å²) in [6.07, 6.45) is 0. The van der Waals surface area contributed by atoms with E-state index in [0.29, 0.717) is 55.1 Å². The van der Waals surface area contributed by atoms with Crippen molar-refractivity contribution >= 4 is 37.7 Å². The monoisotopic (exact) mass is 598 g/mol. The van der Waals surface area contributed by atoms with Crippen molar-refractivity contribution in [1.82, 2.24) is 0 Å². The van der Waals surface area contributed by atoms with E-state index in [-0.39, 0.29) is 10.8 Å². The third kappa shape index (κ3) is 5.29. The molecular weight excluding hydrogens is 553 g/mol. The van der Waals surface area contributed by atoms with Crippen LogP contribution in [0.2, 0.25) is 33.2 Å². The number of benzene rings is 3. The van der Waals surface area contributed by atoms with E-state index in [0.717, 1.165) is 0 Å². The van der Waals surface area contributed by atoms with Gasteiger partial charge in [-0.25, -0.2) is 0 Å². The molecule has 0 aromatic heterocycles. The first-order valence-corrected chi connectivity index (χ1v) is 19.8. The van der Waals surface area contributed by atoms with Gasteiger partial charge in [-0.05, 0) is 57.5 Å². The van der Waals surface area contributed by atoms with Crippen molar-refractivity contribution in [2.24, 2.45) is 0 Å². The quantitative estimate of drug-likeness (QED) is 0.128. The molecule has 3 aromatic carbocycles. The SMILES string of the molecule is CC(C)[Si](C#Cc1c2ccc(=O)c(=O)c2c(C#C[Si](C(C)C)(C(C)C)C(C)C)c2ccc(=O)c(=O)c12)(C(C)C)C(C)C. The summed E-state index contributed by atoms with van der Waals surface area (Å²) in [6.45, 7) is 26.5. The average Bonchev–Trinajstić information content (AvgIpc) is 2.88. The Balaban J connectivity index is 2.70. The van der Waals surface area contributed by atoms with Gasteiger partial charge >= 0.3 is 0 Å². The van der Waals surface area contributed by atoms with Gasteiger partial charge in [-0.3, -0.25) is 19.2 Å². The van der Waals surface area contributed by atoms with Crippen LogP contribution in [0.1, 0.15) is 94.2 Å². The minimum absolute atomic E-state index is 0.204. The van der Waals surface area contributed by atoms with Gasteiger partial charge in [-0.15, -0.1) is 11.1 Å². The second kappa shape index (κ2) is 12.3. The summed E-state index contributed by atoms with van der Waals surface area (Å²) in [6, 6.07) is 5.67. The molecule has 0 atom stereocenters. The molecule has 4 nitrogen and oxygen atoms in total. The zero-order chi connectivity index (χ0) is 31.9. The maximum atomic E-state index is 13.6. The van der Waals surface area contributed by atoms with Crippen LogP contribution >= 0.6 is 0 Å². The fraction of sp³-hybridized carbons (Fsp3) is 0.500. The summed E-state index contributed by atoms with van der Waals surface area (Å²) >= 11 is 0. The third-order valence-electron chi connectivity index (χ3n) is 9.82. The Labute approximate surface area is 252 Å². The lowest BCUT2D eigenvalue weighted by Crippen LogP contribution is -2.43. The molecule has 3 rings (SSSR count). The summed E-state index contributed by atoms with van der Waals surface area (Å²) in [7, 11) is -4.47. The first kappa shape index (κ1) is 33.4. The number of hydrogen-bond acceptors (Lipinski definition) is 4. The molecular formula is C36H46O4Si2. The zero-order valence-corrected chi connectivity index (χ0v) is 29.4. The predicted molar refractivity (Wildman–Crippen MR) is 185 cm³/mol. The van der Waals surface area contributed by atoms with Gasteiger partial charge in [0, 0.05) is 21.9 Å². The van der Waals surface area contributed by atoms with Crippen LogP contribution in [0.25, 0.3) is 21.5 Å². The molecule has 0 saturated carbocycles. The highest BCUT2D eigenvalue weighted by Crippen LogP contribution is 2.42. The molecule has 0 N–H and O–H groups in total. The van der Waals surface area contributed by atoms with Crippen LogP contribution in [0.5, 0.6) is 0 Å². The van der Waals surface area contributed by atoms with E-state index >= 15 is 0 Å². The zero-order valence-electron chi connectivity index (χ0n) is 27.4. The summed E-state index contributed by atoms with van der Waals surface area (Å²) in [4.78, 5) is 52.7. The molecule has 0 amide bonds. The van der Waals surface area contributed by atoms with Gasteiger partial charge in [0.25, 0.3) is 0 Å². The standard InChI is InChI=1S/C36H46O4Si2/c1-21(2)41(22(3)4,23(5)6)19-17-29-27-13-15-32(38)36(40)34(27)30(28-14-16-31(37)35(39)33(28)29)18-20-42(24(7)8,25(9)10)26(11)12/h13-16,21-26H,1-12H3. The lowest BCUT2D eigenvalue weighted by molar-refractivity contribution is 0.838. The van der Waals surface area contributed by atoms with E-state index in [1.54, 1.807) is 12.1 Å². The molecule has 0 spiro atoms. The Morgan fingerprint density at radius 2 is 0.714 bits per heavy atom. The summed E-state index contributed by atoms with van der Waals surface area (Å²) in [5, 5.41) is 1.26. The Morgan fingerprint density at radius 1 is 0.452 bits per heavy atom. The van der Waals surface area contributed by atoms with Crippen LogP contribution in [0, 0.1) is 22.9 Å². The minimum Gasteiger partial charge on any atom is -0.286 e. The Morgan fingerprint density at radius 3 is 0.952 bits per heavy atom. The number of hydrogen-bond donors (Lipinski definition) is 0. The molecule has 42 heavy (non-hydrogen) atoms. The Bertz CT molecular complexity index is 1670. The third-order valence-corrected chi connectivity index (χ3v) is 22.4. The van der Waals surface area contributed by atoms with Crippen molar-refractivity contribution < 1.29 is 0 Å². The van der Waals surface area contributed by atoms with E-state index in [2.05, 4.69) is 106 Å². The highest BCUT2D eigenvalue weighted by Gasteiger charge is 2.43. The molecule has 0 heterocycles. The van der Waals surface area contributed by atoms with Crippen LogP contribution in [0.15, 0.2) is 43.4 Å². The molecule has 0 aliphatic carbocycles. The largest absolute Gasteiger partial charge is 0.286 e. The molecule has 0 saturated heterocycles.